The van der Waals surface area contributed by atoms with E-state index < -0.39 is 30.0 Å². The first-order valence-corrected chi connectivity index (χ1v) is 3.46. The zero-order valence-corrected chi connectivity index (χ0v) is 7.60. The number of carboxylic acids is 4. The van der Waals surface area contributed by atoms with Gasteiger partial charge in [0.05, 0.1) is 0 Å². The Hall–Kier alpha value is -2.42. The maximum atomic E-state index is 9.55. The van der Waals surface area contributed by atoms with Crippen LogP contribution < -0.4 is 0 Å². The molecule has 0 amide bonds. The molecular weight excluding hydrogens is 228 g/mol. The molecule has 0 aromatic carbocycles. The van der Waals surface area contributed by atoms with Crippen molar-refractivity contribution in [1.82, 2.24) is 0 Å². The van der Waals surface area contributed by atoms with Gasteiger partial charge >= 0.3 is 23.9 Å². The van der Waals surface area contributed by atoms with Crippen LogP contribution in [0.3, 0.4) is 0 Å². The molecule has 0 saturated carbocycles. The standard InChI is InChI=1S/C4H4O4.C3H4O5/c5-3(6)1-2-4(7)8;4-1(2(5)6)3(7)8/h1-2H,(H,5,6)(H,7,8);1,4H,(H,5,6)(H,7,8)/b2-1-;. The van der Waals surface area contributed by atoms with E-state index in [-0.39, 0.29) is 0 Å². The molecule has 90 valence electrons. The smallest absolute Gasteiger partial charge is 0.344 e. The lowest BCUT2D eigenvalue weighted by atomic mass is 10.4. The summed E-state index contributed by atoms with van der Waals surface area (Å²) in [5.41, 5.74) is 0. The van der Waals surface area contributed by atoms with E-state index in [1.54, 1.807) is 0 Å². The summed E-state index contributed by atoms with van der Waals surface area (Å²) < 4.78 is 0. The van der Waals surface area contributed by atoms with Crippen LogP contribution in [0.5, 0.6) is 0 Å². The largest absolute Gasteiger partial charge is 0.479 e. The highest BCUT2D eigenvalue weighted by Crippen LogP contribution is 1.79. The molecule has 0 heterocycles. The van der Waals surface area contributed by atoms with Crippen molar-refractivity contribution in [2.24, 2.45) is 0 Å². The van der Waals surface area contributed by atoms with E-state index in [0.717, 1.165) is 0 Å². The van der Waals surface area contributed by atoms with Gasteiger partial charge in [-0.3, -0.25) is 0 Å². The van der Waals surface area contributed by atoms with Crippen LogP contribution in [0.4, 0.5) is 0 Å². The van der Waals surface area contributed by atoms with Gasteiger partial charge in [-0.05, 0) is 0 Å². The van der Waals surface area contributed by atoms with Crippen LogP contribution in [0.1, 0.15) is 0 Å². The van der Waals surface area contributed by atoms with Crippen LogP contribution in [0.2, 0.25) is 0 Å². The van der Waals surface area contributed by atoms with Crippen molar-refractivity contribution < 1.29 is 44.7 Å². The van der Waals surface area contributed by atoms with Gasteiger partial charge in [-0.1, -0.05) is 0 Å². The number of aliphatic carboxylic acids is 4. The Kier molecular flexibility index (Phi) is 7.95. The topological polar surface area (TPSA) is 169 Å². The molecule has 0 aliphatic carbocycles. The van der Waals surface area contributed by atoms with E-state index in [0.29, 0.717) is 12.2 Å². The summed E-state index contributed by atoms with van der Waals surface area (Å²) in [5, 5.41) is 39.1. The highest BCUT2D eigenvalue weighted by atomic mass is 16.4. The number of hydrogen-bond acceptors (Lipinski definition) is 5. The molecular formula is C7H8O9. The third-order valence-corrected chi connectivity index (χ3v) is 0.836. The van der Waals surface area contributed by atoms with Crippen molar-refractivity contribution in [1.29, 1.82) is 0 Å². The van der Waals surface area contributed by atoms with Crippen molar-refractivity contribution >= 4 is 23.9 Å². The molecule has 0 aromatic rings. The summed E-state index contributed by atoms with van der Waals surface area (Å²) >= 11 is 0. The Labute approximate surface area is 87.9 Å². The maximum absolute atomic E-state index is 9.55. The maximum Gasteiger partial charge on any atom is 0.344 e. The predicted molar refractivity (Wildman–Crippen MR) is 45.7 cm³/mol. The minimum absolute atomic E-state index is 0.558. The Morgan fingerprint density at radius 2 is 1.00 bits per heavy atom. The summed E-state index contributed by atoms with van der Waals surface area (Å²) in [6, 6.07) is 0. The summed E-state index contributed by atoms with van der Waals surface area (Å²) in [6.07, 6.45) is -1.18. The quantitative estimate of drug-likeness (QED) is 0.280. The summed E-state index contributed by atoms with van der Waals surface area (Å²) in [4.78, 5) is 38.1. The van der Waals surface area contributed by atoms with Gasteiger partial charge in [-0.25, -0.2) is 19.2 Å². The second-order valence-corrected chi connectivity index (χ2v) is 2.09. The number of carboxylic acid groups (broad SMARTS) is 4. The molecule has 0 bridgehead atoms. The van der Waals surface area contributed by atoms with Gasteiger partial charge in [0.25, 0.3) is 0 Å². The van der Waals surface area contributed by atoms with Gasteiger partial charge in [-0.2, -0.15) is 0 Å². The summed E-state index contributed by atoms with van der Waals surface area (Å²) in [6.45, 7) is 0. The van der Waals surface area contributed by atoms with Gasteiger partial charge < -0.3 is 25.5 Å². The fraction of sp³-hybridized carbons (Fsp3) is 0.143. The van der Waals surface area contributed by atoms with Gasteiger partial charge in [0.15, 0.2) is 0 Å². The van der Waals surface area contributed by atoms with E-state index in [1.165, 1.54) is 0 Å². The van der Waals surface area contributed by atoms with Crippen LogP contribution in [0.15, 0.2) is 12.2 Å². The lowest BCUT2D eigenvalue weighted by Gasteiger charge is -1.93. The predicted octanol–water partition coefficient (Wildman–Crippen LogP) is -1.77. The molecule has 0 atom stereocenters. The molecule has 0 aliphatic rings. The van der Waals surface area contributed by atoms with E-state index >= 15 is 0 Å². The fourth-order valence-electron chi connectivity index (χ4n) is 0.248. The molecule has 16 heavy (non-hydrogen) atoms. The molecule has 9 nitrogen and oxygen atoms in total. The van der Waals surface area contributed by atoms with Gasteiger partial charge in [-0.15, -0.1) is 0 Å². The second kappa shape index (κ2) is 7.94. The van der Waals surface area contributed by atoms with Crippen molar-refractivity contribution in [3.05, 3.63) is 12.2 Å². The third-order valence-electron chi connectivity index (χ3n) is 0.836. The summed E-state index contributed by atoms with van der Waals surface area (Å²) in [7, 11) is 0. The van der Waals surface area contributed by atoms with Crippen LogP contribution in [-0.4, -0.2) is 55.5 Å². The van der Waals surface area contributed by atoms with Gasteiger partial charge in [0.1, 0.15) is 0 Å². The van der Waals surface area contributed by atoms with Crippen LogP contribution in [-0.2, 0) is 19.2 Å². The van der Waals surface area contributed by atoms with Gasteiger partial charge in [0.2, 0.25) is 6.10 Å². The molecule has 0 saturated heterocycles. The molecule has 0 unspecified atom stereocenters. The Bertz CT molecular complexity index is 286. The number of aliphatic hydroxyl groups excluding tert-OH is 1. The minimum atomic E-state index is -2.30. The molecule has 0 aliphatic heterocycles. The normalized spacial score (nSPS) is 9.38. The van der Waals surface area contributed by atoms with Crippen molar-refractivity contribution in [3.63, 3.8) is 0 Å². The Morgan fingerprint density at radius 1 is 0.750 bits per heavy atom. The third kappa shape index (κ3) is 11.6. The highest BCUT2D eigenvalue weighted by Gasteiger charge is 2.20. The van der Waals surface area contributed by atoms with Crippen molar-refractivity contribution in [2.45, 2.75) is 6.10 Å². The average molecular weight is 236 g/mol. The first kappa shape index (κ1) is 16.0. The average Bonchev–Trinajstić information content (AvgIpc) is 2.14. The lowest BCUT2D eigenvalue weighted by molar-refractivity contribution is -0.161. The van der Waals surface area contributed by atoms with Crippen molar-refractivity contribution in [2.75, 3.05) is 0 Å². The van der Waals surface area contributed by atoms with Crippen LogP contribution in [0.25, 0.3) is 0 Å². The SMILES string of the molecule is O=C(O)/C=C\C(=O)O.O=C(O)C(O)C(=O)O. The first-order chi connectivity index (χ1) is 7.18. The fourth-order valence-corrected chi connectivity index (χ4v) is 0.248. The molecule has 0 fully saturated rings. The lowest BCUT2D eigenvalue weighted by Crippen LogP contribution is -2.28. The zero-order chi connectivity index (χ0) is 13.3. The van der Waals surface area contributed by atoms with Crippen LogP contribution in [0, 0.1) is 0 Å². The molecule has 9 heteroatoms. The zero-order valence-electron chi connectivity index (χ0n) is 7.60. The van der Waals surface area contributed by atoms with E-state index in [9.17, 15) is 19.2 Å². The first-order valence-electron chi connectivity index (χ1n) is 3.46. The minimum Gasteiger partial charge on any atom is -0.479 e. The number of hydrogen-bond donors (Lipinski definition) is 5. The number of aliphatic hydroxyl groups is 1. The van der Waals surface area contributed by atoms with Gasteiger partial charge in [0, 0.05) is 12.2 Å². The van der Waals surface area contributed by atoms with Crippen LogP contribution >= 0.6 is 0 Å². The van der Waals surface area contributed by atoms with Crippen molar-refractivity contribution in [3.8, 4) is 0 Å². The molecule has 0 spiro atoms. The molecule has 5 N–H and O–H groups in total. The second-order valence-electron chi connectivity index (χ2n) is 2.09. The van der Waals surface area contributed by atoms with E-state index in [2.05, 4.69) is 0 Å². The Balaban J connectivity index is 0. The molecule has 0 rings (SSSR count). The molecule has 0 aromatic heterocycles. The Morgan fingerprint density at radius 3 is 1.06 bits per heavy atom. The summed E-state index contributed by atoms with van der Waals surface area (Å²) in [5.74, 6) is -6.02. The van der Waals surface area contributed by atoms with E-state index in [1.807, 2.05) is 0 Å². The number of carbonyl (C=O) groups is 4. The number of rotatable bonds is 4. The van der Waals surface area contributed by atoms with E-state index in [4.69, 9.17) is 25.5 Å². The highest BCUT2D eigenvalue weighted by molar-refractivity contribution is 5.95. The molecule has 0 radical (unpaired) electrons. The monoisotopic (exact) mass is 236 g/mol.